The molecule has 1 unspecified atom stereocenters. The highest BCUT2D eigenvalue weighted by Crippen LogP contribution is 2.11. The molecular formula is C17H20ClN. The number of benzene rings is 2. The molecule has 0 aliphatic heterocycles. The van der Waals surface area contributed by atoms with Crippen molar-refractivity contribution in [2.75, 3.05) is 6.54 Å². The van der Waals surface area contributed by atoms with Crippen molar-refractivity contribution in [3.8, 4) is 0 Å². The summed E-state index contributed by atoms with van der Waals surface area (Å²) in [5, 5.41) is 0.160. The minimum Gasteiger partial charge on any atom is -0.293 e. The van der Waals surface area contributed by atoms with Crippen LogP contribution in [0.25, 0.3) is 0 Å². The summed E-state index contributed by atoms with van der Waals surface area (Å²) in [6.07, 6.45) is 0. The molecule has 0 aromatic heterocycles. The number of hydrogen-bond donors (Lipinski definition) is 0. The van der Waals surface area contributed by atoms with Crippen LogP contribution in [-0.4, -0.2) is 16.8 Å². The molecule has 1 atom stereocenters. The molecule has 2 aromatic carbocycles. The third-order valence-electron chi connectivity index (χ3n) is 3.01. The van der Waals surface area contributed by atoms with Crippen molar-refractivity contribution in [2.24, 2.45) is 0 Å². The van der Waals surface area contributed by atoms with Gasteiger partial charge in [0.2, 0.25) is 0 Å². The Hall–Kier alpha value is -1.31. The van der Waals surface area contributed by atoms with Crippen LogP contribution in [0.4, 0.5) is 0 Å². The van der Waals surface area contributed by atoms with Crippen molar-refractivity contribution in [1.29, 1.82) is 0 Å². The van der Waals surface area contributed by atoms with E-state index in [1.54, 1.807) is 0 Å². The average molecular weight is 274 g/mol. The fourth-order valence-corrected chi connectivity index (χ4v) is 2.42. The average Bonchev–Trinajstić information content (AvgIpc) is 2.40. The minimum atomic E-state index is 0.160. The fraction of sp³-hybridized carbons (Fsp3) is 0.294. The van der Waals surface area contributed by atoms with Gasteiger partial charge in [-0.05, 0) is 18.1 Å². The van der Waals surface area contributed by atoms with E-state index in [-0.39, 0.29) is 5.38 Å². The monoisotopic (exact) mass is 273 g/mol. The van der Waals surface area contributed by atoms with Crippen molar-refractivity contribution >= 4 is 11.6 Å². The molecule has 19 heavy (non-hydrogen) atoms. The van der Waals surface area contributed by atoms with E-state index in [0.29, 0.717) is 0 Å². The lowest BCUT2D eigenvalue weighted by molar-refractivity contribution is 0.259. The van der Waals surface area contributed by atoms with E-state index in [0.717, 1.165) is 19.6 Å². The quantitative estimate of drug-likeness (QED) is 0.709. The fourth-order valence-electron chi connectivity index (χ4n) is 2.22. The van der Waals surface area contributed by atoms with Crippen molar-refractivity contribution < 1.29 is 0 Å². The normalized spacial score (nSPS) is 12.6. The van der Waals surface area contributed by atoms with E-state index in [1.165, 1.54) is 11.1 Å². The van der Waals surface area contributed by atoms with E-state index in [9.17, 15) is 0 Å². The van der Waals surface area contributed by atoms with Gasteiger partial charge in [-0.1, -0.05) is 60.7 Å². The van der Waals surface area contributed by atoms with Crippen LogP contribution in [0.5, 0.6) is 0 Å². The molecule has 1 nitrogen and oxygen atoms in total. The molecule has 0 spiro atoms. The van der Waals surface area contributed by atoms with Gasteiger partial charge in [0.05, 0.1) is 0 Å². The van der Waals surface area contributed by atoms with Gasteiger partial charge in [0.25, 0.3) is 0 Å². The first-order valence-electron chi connectivity index (χ1n) is 6.68. The van der Waals surface area contributed by atoms with Gasteiger partial charge in [-0.2, -0.15) is 0 Å². The number of hydrogen-bond acceptors (Lipinski definition) is 1. The zero-order valence-corrected chi connectivity index (χ0v) is 12.1. The Balaban J connectivity index is 2.03. The lowest BCUT2D eigenvalue weighted by Crippen LogP contribution is -2.28. The van der Waals surface area contributed by atoms with Crippen molar-refractivity contribution in [3.05, 3.63) is 71.8 Å². The SMILES string of the molecule is CC(Cl)CN(Cc1ccccc1)Cc1ccccc1. The van der Waals surface area contributed by atoms with Gasteiger partial charge >= 0.3 is 0 Å². The molecule has 0 heterocycles. The molecule has 0 bridgehead atoms. The predicted molar refractivity (Wildman–Crippen MR) is 82.3 cm³/mol. The molecule has 2 heteroatoms. The summed E-state index contributed by atoms with van der Waals surface area (Å²) >= 11 is 6.16. The Morgan fingerprint density at radius 1 is 0.842 bits per heavy atom. The van der Waals surface area contributed by atoms with Crippen molar-refractivity contribution in [1.82, 2.24) is 4.90 Å². The second-order valence-corrected chi connectivity index (χ2v) is 5.67. The molecule has 0 amide bonds. The van der Waals surface area contributed by atoms with E-state index in [1.807, 2.05) is 6.92 Å². The first-order valence-corrected chi connectivity index (χ1v) is 7.12. The lowest BCUT2D eigenvalue weighted by Gasteiger charge is -2.23. The summed E-state index contributed by atoms with van der Waals surface area (Å²) < 4.78 is 0. The van der Waals surface area contributed by atoms with E-state index in [4.69, 9.17) is 11.6 Å². The van der Waals surface area contributed by atoms with Gasteiger partial charge in [-0.3, -0.25) is 4.90 Å². The predicted octanol–water partition coefficient (Wildman–Crippen LogP) is 4.32. The van der Waals surface area contributed by atoms with Crippen molar-refractivity contribution in [3.63, 3.8) is 0 Å². The summed E-state index contributed by atoms with van der Waals surface area (Å²) in [5.74, 6) is 0. The second kappa shape index (κ2) is 7.32. The third kappa shape index (κ3) is 5.06. The molecule has 0 radical (unpaired) electrons. The second-order valence-electron chi connectivity index (χ2n) is 4.92. The standard InChI is InChI=1S/C17H20ClN/c1-15(18)12-19(13-16-8-4-2-5-9-16)14-17-10-6-3-7-11-17/h2-11,15H,12-14H2,1H3. The Labute approximate surface area is 120 Å². The zero-order chi connectivity index (χ0) is 13.5. The lowest BCUT2D eigenvalue weighted by atomic mass is 10.1. The molecular weight excluding hydrogens is 254 g/mol. The van der Waals surface area contributed by atoms with E-state index in [2.05, 4.69) is 65.6 Å². The Morgan fingerprint density at radius 3 is 1.63 bits per heavy atom. The molecule has 2 aromatic rings. The largest absolute Gasteiger partial charge is 0.293 e. The Kier molecular flexibility index (Phi) is 5.44. The molecule has 0 aliphatic carbocycles. The minimum absolute atomic E-state index is 0.160. The molecule has 0 aliphatic rings. The van der Waals surface area contributed by atoms with Gasteiger partial charge < -0.3 is 0 Å². The smallest absolute Gasteiger partial charge is 0.0435 e. The highest BCUT2D eigenvalue weighted by Gasteiger charge is 2.09. The van der Waals surface area contributed by atoms with E-state index >= 15 is 0 Å². The maximum atomic E-state index is 6.16. The topological polar surface area (TPSA) is 3.24 Å². The van der Waals surface area contributed by atoms with Gasteiger partial charge in [0, 0.05) is 25.0 Å². The van der Waals surface area contributed by atoms with Crippen LogP contribution in [0.2, 0.25) is 0 Å². The summed E-state index contributed by atoms with van der Waals surface area (Å²) in [5.41, 5.74) is 2.66. The van der Waals surface area contributed by atoms with Crippen LogP contribution < -0.4 is 0 Å². The van der Waals surface area contributed by atoms with Crippen molar-refractivity contribution in [2.45, 2.75) is 25.4 Å². The van der Waals surface area contributed by atoms with Crippen LogP contribution >= 0.6 is 11.6 Å². The molecule has 0 saturated heterocycles. The summed E-state index contributed by atoms with van der Waals surface area (Å²) in [6, 6.07) is 21.1. The number of nitrogens with zero attached hydrogens (tertiary/aromatic N) is 1. The molecule has 0 saturated carbocycles. The van der Waals surface area contributed by atoms with Crippen LogP contribution in [0.15, 0.2) is 60.7 Å². The highest BCUT2D eigenvalue weighted by molar-refractivity contribution is 6.20. The third-order valence-corrected chi connectivity index (χ3v) is 3.15. The molecule has 100 valence electrons. The van der Waals surface area contributed by atoms with Gasteiger partial charge in [-0.15, -0.1) is 11.6 Å². The summed E-state index contributed by atoms with van der Waals surface area (Å²) in [7, 11) is 0. The van der Waals surface area contributed by atoms with Crippen LogP contribution in [-0.2, 0) is 13.1 Å². The van der Waals surface area contributed by atoms with E-state index < -0.39 is 0 Å². The number of halogens is 1. The van der Waals surface area contributed by atoms with Gasteiger partial charge in [0.1, 0.15) is 0 Å². The number of rotatable bonds is 6. The van der Waals surface area contributed by atoms with Crippen LogP contribution in [0, 0.1) is 0 Å². The zero-order valence-electron chi connectivity index (χ0n) is 11.3. The van der Waals surface area contributed by atoms with Gasteiger partial charge in [0.15, 0.2) is 0 Å². The summed E-state index contributed by atoms with van der Waals surface area (Å²) in [6.45, 7) is 4.81. The molecule has 0 fully saturated rings. The summed E-state index contributed by atoms with van der Waals surface area (Å²) in [4.78, 5) is 2.39. The van der Waals surface area contributed by atoms with Crippen LogP contribution in [0.3, 0.4) is 0 Å². The molecule has 0 N–H and O–H groups in total. The maximum Gasteiger partial charge on any atom is 0.0435 e. The van der Waals surface area contributed by atoms with Crippen LogP contribution in [0.1, 0.15) is 18.1 Å². The Bertz CT molecular complexity index is 426. The maximum absolute atomic E-state index is 6.16. The Morgan fingerprint density at radius 2 is 1.26 bits per heavy atom. The number of alkyl halides is 1. The van der Waals surface area contributed by atoms with Gasteiger partial charge in [-0.25, -0.2) is 0 Å². The first-order chi connectivity index (χ1) is 9.24. The first kappa shape index (κ1) is 14.1. The molecule has 2 rings (SSSR count). The highest BCUT2D eigenvalue weighted by atomic mass is 35.5.